The van der Waals surface area contributed by atoms with E-state index >= 15 is 0 Å². The third-order valence-corrected chi connectivity index (χ3v) is 4.27. The molecule has 1 fully saturated rings. The monoisotopic (exact) mass is 262 g/mol. The second kappa shape index (κ2) is 5.61. The Hall–Kier alpha value is -0.550. The minimum absolute atomic E-state index is 0.128. The summed E-state index contributed by atoms with van der Waals surface area (Å²) in [5.74, 6) is 1.15. The van der Waals surface area contributed by atoms with Crippen LogP contribution in [0.1, 0.15) is 25.7 Å². The summed E-state index contributed by atoms with van der Waals surface area (Å²) in [6, 6.07) is 0. The summed E-state index contributed by atoms with van der Waals surface area (Å²) >= 11 is 0. The van der Waals surface area contributed by atoms with Gasteiger partial charge < -0.3 is 5.73 Å². The van der Waals surface area contributed by atoms with E-state index in [1.807, 2.05) is 0 Å². The van der Waals surface area contributed by atoms with Crippen LogP contribution in [0.15, 0.2) is 11.6 Å². The molecule has 1 aliphatic carbocycles. The van der Waals surface area contributed by atoms with Crippen LogP contribution in [0.25, 0.3) is 0 Å². The summed E-state index contributed by atoms with van der Waals surface area (Å²) in [7, 11) is 0. The van der Waals surface area contributed by atoms with Gasteiger partial charge in [0.15, 0.2) is 0 Å². The topological polar surface area (TPSA) is 29.3 Å². The van der Waals surface area contributed by atoms with E-state index in [4.69, 9.17) is 5.73 Å². The molecule has 5 heteroatoms. The van der Waals surface area contributed by atoms with E-state index in [0.29, 0.717) is 31.5 Å². The van der Waals surface area contributed by atoms with Gasteiger partial charge in [0.05, 0.1) is 0 Å². The lowest BCUT2D eigenvalue weighted by Crippen LogP contribution is -2.37. The number of hydrogen-bond donors (Lipinski definition) is 1. The lowest BCUT2D eigenvalue weighted by molar-refractivity contribution is -0.0961. The number of rotatable bonds is 3. The van der Waals surface area contributed by atoms with Gasteiger partial charge in [-0.1, -0.05) is 12.5 Å². The van der Waals surface area contributed by atoms with Gasteiger partial charge in [-0.3, -0.25) is 4.90 Å². The van der Waals surface area contributed by atoms with Crippen LogP contribution < -0.4 is 5.73 Å². The molecule has 2 aliphatic rings. The van der Waals surface area contributed by atoms with E-state index in [-0.39, 0.29) is 12.0 Å². The van der Waals surface area contributed by atoms with Gasteiger partial charge in [0, 0.05) is 25.2 Å². The van der Waals surface area contributed by atoms with E-state index in [0.717, 1.165) is 6.54 Å². The minimum atomic E-state index is -4.14. The molecule has 0 amide bonds. The van der Waals surface area contributed by atoms with Gasteiger partial charge in [-0.2, -0.15) is 13.2 Å². The Labute approximate surface area is 106 Å². The predicted octanol–water partition coefficient (Wildman–Crippen LogP) is 2.56. The highest BCUT2D eigenvalue weighted by atomic mass is 19.4. The number of hydrogen-bond acceptors (Lipinski definition) is 2. The van der Waals surface area contributed by atoms with Crippen molar-refractivity contribution in [3.05, 3.63) is 11.6 Å². The van der Waals surface area contributed by atoms with E-state index in [1.54, 1.807) is 0 Å². The van der Waals surface area contributed by atoms with Crippen molar-refractivity contribution in [1.82, 2.24) is 4.90 Å². The van der Waals surface area contributed by atoms with Crippen molar-refractivity contribution in [2.75, 3.05) is 26.2 Å². The second-order valence-corrected chi connectivity index (χ2v) is 5.42. The minimum Gasteiger partial charge on any atom is -0.330 e. The Kier molecular flexibility index (Phi) is 4.33. The molecule has 2 rings (SSSR count). The molecule has 2 atom stereocenters. The highest BCUT2D eigenvalue weighted by molar-refractivity contribution is 5.13. The molecular formula is C13H21F3N2. The first kappa shape index (κ1) is 13.9. The van der Waals surface area contributed by atoms with Gasteiger partial charge in [0.25, 0.3) is 0 Å². The Morgan fingerprint density at radius 2 is 2.00 bits per heavy atom. The van der Waals surface area contributed by atoms with Gasteiger partial charge in [0.1, 0.15) is 0 Å². The summed E-state index contributed by atoms with van der Waals surface area (Å²) in [6.45, 7) is 2.58. The van der Waals surface area contributed by atoms with Crippen molar-refractivity contribution in [3.8, 4) is 0 Å². The predicted molar refractivity (Wildman–Crippen MR) is 65.1 cm³/mol. The molecule has 0 radical (unpaired) electrons. The first-order chi connectivity index (χ1) is 8.50. The fourth-order valence-corrected chi connectivity index (χ4v) is 3.13. The second-order valence-electron chi connectivity index (χ2n) is 5.42. The van der Waals surface area contributed by atoms with Crippen LogP contribution in [0, 0.1) is 11.8 Å². The van der Waals surface area contributed by atoms with E-state index in [9.17, 15) is 13.2 Å². The molecule has 1 heterocycles. The SMILES string of the molecule is NCC1CCCC1CN1CC=C(C(F)(F)F)CC1. The molecule has 1 aliphatic heterocycles. The third-order valence-electron chi connectivity index (χ3n) is 4.27. The quantitative estimate of drug-likeness (QED) is 0.792. The summed E-state index contributed by atoms with van der Waals surface area (Å²) in [6.07, 6.45) is 0.898. The highest BCUT2D eigenvalue weighted by Crippen LogP contribution is 2.34. The van der Waals surface area contributed by atoms with Crippen molar-refractivity contribution in [2.45, 2.75) is 31.9 Å². The smallest absolute Gasteiger partial charge is 0.330 e. The zero-order valence-corrected chi connectivity index (χ0v) is 10.5. The van der Waals surface area contributed by atoms with Crippen LogP contribution in [0.3, 0.4) is 0 Å². The van der Waals surface area contributed by atoms with Crippen LogP contribution in [-0.4, -0.2) is 37.3 Å². The number of alkyl halides is 3. The Bertz CT molecular complexity index is 312. The maximum Gasteiger partial charge on any atom is 0.412 e. The van der Waals surface area contributed by atoms with Crippen LogP contribution in [-0.2, 0) is 0 Å². The zero-order chi connectivity index (χ0) is 13.2. The van der Waals surface area contributed by atoms with E-state index < -0.39 is 6.18 Å². The summed E-state index contributed by atoms with van der Waals surface area (Å²) in [5.41, 5.74) is 5.37. The molecule has 0 aromatic carbocycles. The van der Waals surface area contributed by atoms with Crippen molar-refractivity contribution in [1.29, 1.82) is 0 Å². The van der Waals surface area contributed by atoms with Crippen molar-refractivity contribution in [2.24, 2.45) is 17.6 Å². The molecule has 104 valence electrons. The number of nitrogens with two attached hydrogens (primary N) is 1. The molecule has 0 aromatic heterocycles. The lowest BCUT2D eigenvalue weighted by Gasteiger charge is -2.31. The van der Waals surface area contributed by atoms with E-state index in [1.165, 1.54) is 25.3 Å². The summed E-state index contributed by atoms with van der Waals surface area (Å²) in [5, 5.41) is 0. The maximum absolute atomic E-state index is 12.5. The van der Waals surface area contributed by atoms with Crippen molar-refractivity contribution >= 4 is 0 Å². The Morgan fingerprint density at radius 3 is 2.56 bits per heavy atom. The number of halogens is 3. The molecule has 0 spiro atoms. The molecule has 0 saturated heterocycles. The zero-order valence-electron chi connectivity index (χ0n) is 10.5. The average molecular weight is 262 g/mol. The lowest BCUT2D eigenvalue weighted by atomic mass is 9.95. The van der Waals surface area contributed by atoms with Crippen LogP contribution >= 0.6 is 0 Å². The molecule has 1 saturated carbocycles. The average Bonchev–Trinajstić information content (AvgIpc) is 2.76. The Balaban J connectivity index is 1.85. The molecule has 2 N–H and O–H groups in total. The van der Waals surface area contributed by atoms with Gasteiger partial charge in [0.2, 0.25) is 0 Å². The molecule has 0 aromatic rings. The van der Waals surface area contributed by atoms with Crippen molar-refractivity contribution < 1.29 is 13.2 Å². The van der Waals surface area contributed by atoms with E-state index in [2.05, 4.69) is 4.90 Å². The molecule has 18 heavy (non-hydrogen) atoms. The Morgan fingerprint density at radius 1 is 1.28 bits per heavy atom. The highest BCUT2D eigenvalue weighted by Gasteiger charge is 2.35. The van der Waals surface area contributed by atoms with Gasteiger partial charge in [-0.05, 0) is 37.6 Å². The normalized spacial score (nSPS) is 30.6. The maximum atomic E-state index is 12.5. The van der Waals surface area contributed by atoms with Crippen molar-refractivity contribution in [3.63, 3.8) is 0 Å². The van der Waals surface area contributed by atoms with Crippen LogP contribution in [0.4, 0.5) is 13.2 Å². The molecule has 0 bridgehead atoms. The van der Waals surface area contributed by atoms with Crippen LogP contribution in [0.2, 0.25) is 0 Å². The third kappa shape index (κ3) is 3.26. The first-order valence-corrected chi connectivity index (χ1v) is 6.69. The molecule has 2 unspecified atom stereocenters. The van der Waals surface area contributed by atoms with Crippen LogP contribution in [0.5, 0.6) is 0 Å². The fraction of sp³-hybridized carbons (Fsp3) is 0.846. The summed E-state index contributed by atoms with van der Waals surface area (Å²) in [4.78, 5) is 2.13. The number of nitrogens with zero attached hydrogens (tertiary/aromatic N) is 1. The van der Waals surface area contributed by atoms with Gasteiger partial charge in [-0.25, -0.2) is 0 Å². The van der Waals surface area contributed by atoms with Gasteiger partial charge in [-0.15, -0.1) is 0 Å². The molecule has 2 nitrogen and oxygen atoms in total. The van der Waals surface area contributed by atoms with Gasteiger partial charge >= 0.3 is 6.18 Å². The molecular weight excluding hydrogens is 241 g/mol. The summed E-state index contributed by atoms with van der Waals surface area (Å²) < 4.78 is 37.5. The fourth-order valence-electron chi connectivity index (χ4n) is 3.13. The standard InChI is InChI=1S/C13H21F3N2/c14-13(15,16)12-4-6-18(7-5-12)9-11-3-1-2-10(11)8-17/h4,10-11H,1-3,5-9,17H2. The largest absolute Gasteiger partial charge is 0.412 e. The first-order valence-electron chi connectivity index (χ1n) is 6.69.